The number of rotatable bonds is 4. The van der Waals surface area contributed by atoms with Gasteiger partial charge in [-0.1, -0.05) is 11.6 Å². The van der Waals surface area contributed by atoms with Gasteiger partial charge in [0.05, 0.1) is 42.6 Å². The van der Waals surface area contributed by atoms with Crippen molar-refractivity contribution in [3.63, 3.8) is 0 Å². The molecule has 0 unspecified atom stereocenters. The minimum absolute atomic E-state index is 0.0353. The second-order valence-corrected chi connectivity index (χ2v) is 8.47. The quantitative estimate of drug-likeness (QED) is 0.385. The zero-order chi connectivity index (χ0) is 23.3. The number of aromatic nitrogens is 3. The maximum Gasteiger partial charge on any atom is 0.256 e. The van der Waals surface area contributed by atoms with E-state index < -0.39 is 12.1 Å². The van der Waals surface area contributed by atoms with Crippen LogP contribution in [-0.4, -0.2) is 21.4 Å². The van der Waals surface area contributed by atoms with Crippen molar-refractivity contribution in [2.45, 2.75) is 40.0 Å². The van der Waals surface area contributed by atoms with Crippen LogP contribution in [-0.2, 0) is 17.9 Å². The van der Waals surface area contributed by atoms with E-state index in [1.165, 1.54) is 12.1 Å². The summed E-state index contributed by atoms with van der Waals surface area (Å²) in [5, 5.41) is 4.89. The van der Waals surface area contributed by atoms with Gasteiger partial charge in [0.2, 0.25) is 0 Å². The molecule has 0 bridgehead atoms. The summed E-state index contributed by atoms with van der Waals surface area (Å²) in [6.45, 7) is 7.00. The minimum atomic E-state index is -0.809. The topological polar surface area (TPSA) is 79.4 Å². The Hall–Kier alpha value is -3.23. The Morgan fingerprint density at radius 2 is 2.09 bits per heavy atom. The molecular formula is C24H21ClFN3O4. The molecule has 0 amide bonds. The van der Waals surface area contributed by atoms with Crippen molar-refractivity contribution in [3.05, 3.63) is 74.2 Å². The van der Waals surface area contributed by atoms with Gasteiger partial charge in [-0.05, 0) is 50.6 Å². The van der Waals surface area contributed by atoms with Crippen LogP contribution in [0.4, 0.5) is 4.39 Å². The lowest BCUT2D eigenvalue weighted by Crippen LogP contribution is -2.18. The van der Waals surface area contributed by atoms with E-state index in [-0.39, 0.29) is 16.3 Å². The van der Waals surface area contributed by atoms with Gasteiger partial charge in [0.25, 0.3) is 5.95 Å². The molecule has 0 saturated carbocycles. The largest absolute Gasteiger partial charge is 0.481 e. The molecule has 9 heteroatoms. The van der Waals surface area contributed by atoms with Gasteiger partial charge >= 0.3 is 0 Å². The number of ether oxygens (including phenoxy) is 2. The van der Waals surface area contributed by atoms with E-state index >= 15 is 0 Å². The van der Waals surface area contributed by atoms with Gasteiger partial charge in [0.1, 0.15) is 22.6 Å². The van der Waals surface area contributed by atoms with Crippen molar-refractivity contribution in [2.75, 3.05) is 6.61 Å². The first-order valence-corrected chi connectivity index (χ1v) is 10.9. The lowest BCUT2D eigenvalue weighted by atomic mass is 10.00. The van der Waals surface area contributed by atoms with Crippen LogP contribution in [0.5, 0.6) is 5.75 Å². The van der Waals surface area contributed by atoms with Crippen LogP contribution in [0.1, 0.15) is 35.4 Å². The van der Waals surface area contributed by atoms with Crippen molar-refractivity contribution < 1.29 is 18.3 Å². The predicted molar refractivity (Wildman–Crippen MR) is 121 cm³/mol. The van der Waals surface area contributed by atoms with Crippen LogP contribution < -0.4 is 10.2 Å². The van der Waals surface area contributed by atoms with E-state index in [2.05, 4.69) is 10.1 Å². The lowest BCUT2D eigenvalue weighted by molar-refractivity contribution is 0.0803. The number of benzene rings is 1. The maximum atomic E-state index is 14.2. The summed E-state index contributed by atoms with van der Waals surface area (Å²) in [5.41, 5.74) is 3.80. The van der Waals surface area contributed by atoms with Crippen molar-refractivity contribution in [1.29, 1.82) is 0 Å². The van der Waals surface area contributed by atoms with Gasteiger partial charge in [-0.2, -0.15) is 9.49 Å². The highest BCUT2D eigenvalue weighted by molar-refractivity contribution is 6.29. The molecule has 0 fully saturated rings. The number of aryl methyl sites for hydroxylation is 1. The van der Waals surface area contributed by atoms with E-state index in [1.807, 2.05) is 17.7 Å². The Labute approximate surface area is 193 Å². The fourth-order valence-electron chi connectivity index (χ4n) is 4.13. The molecule has 0 saturated heterocycles. The fraction of sp³-hybridized carbons (Fsp3) is 0.292. The molecule has 1 aliphatic rings. The number of hydrogen-bond donors (Lipinski definition) is 0. The third-order valence-corrected chi connectivity index (χ3v) is 6.00. The summed E-state index contributed by atoms with van der Waals surface area (Å²) in [5.74, 6) is -0.411. The number of pyridine rings is 1. The van der Waals surface area contributed by atoms with Crippen molar-refractivity contribution in [1.82, 2.24) is 14.8 Å². The molecular weight excluding hydrogens is 449 g/mol. The van der Waals surface area contributed by atoms with Crippen molar-refractivity contribution >= 4 is 22.6 Å². The molecule has 1 aliphatic heterocycles. The highest BCUT2D eigenvalue weighted by Gasteiger charge is 2.24. The molecule has 3 aromatic heterocycles. The second-order valence-electron chi connectivity index (χ2n) is 8.08. The Kier molecular flexibility index (Phi) is 5.42. The van der Waals surface area contributed by atoms with Gasteiger partial charge in [-0.25, -0.2) is 4.98 Å². The number of nitrogens with zero attached hydrogens (tertiary/aromatic N) is 3. The lowest BCUT2D eigenvalue weighted by Gasteiger charge is -2.19. The number of halogens is 2. The van der Waals surface area contributed by atoms with Crippen LogP contribution in [0.25, 0.3) is 22.3 Å². The Bertz CT molecular complexity index is 1450. The van der Waals surface area contributed by atoms with Gasteiger partial charge in [0, 0.05) is 11.1 Å². The maximum absolute atomic E-state index is 14.2. The van der Waals surface area contributed by atoms with Crippen LogP contribution in [0.3, 0.4) is 0 Å². The molecule has 1 aromatic carbocycles. The average Bonchev–Trinajstić information content (AvgIpc) is 3.22. The monoisotopic (exact) mass is 469 g/mol. The van der Waals surface area contributed by atoms with Crippen LogP contribution in [0.2, 0.25) is 5.15 Å². The summed E-state index contributed by atoms with van der Waals surface area (Å²) < 4.78 is 33.9. The summed E-state index contributed by atoms with van der Waals surface area (Å²) in [4.78, 5) is 16.9. The molecule has 1 atom stereocenters. The molecule has 7 nitrogen and oxygen atoms in total. The highest BCUT2D eigenvalue weighted by atomic mass is 35.5. The first-order chi connectivity index (χ1) is 15.8. The fourth-order valence-corrected chi connectivity index (χ4v) is 4.27. The van der Waals surface area contributed by atoms with Gasteiger partial charge in [-0.3, -0.25) is 9.48 Å². The summed E-state index contributed by atoms with van der Waals surface area (Å²) in [7, 11) is 0. The molecule has 5 rings (SSSR count). The number of fused-ring (bicyclic) bond motifs is 2. The van der Waals surface area contributed by atoms with E-state index in [4.69, 9.17) is 25.5 Å². The highest BCUT2D eigenvalue weighted by Crippen LogP contribution is 2.34. The molecule has 170 valence electrons. The molecule has 0 aliphatic carbocycles. The smallest absolute Gasteiger partial charge is 0.256 e. The third kappa shape index (κ3) is 3.79. The van der Waals surface area contributed by atoms with E-state index in [0.717, 1.165) is 16.8 Å². The zero-order valence-corrected chi connectivity index (χ0v) is 19.1. The SMILES string of the molecule is Cc1cc([C@@H](C)Oc2ccc(Cl)nc2F)c2oc(-c3cnn4c3COCC4)c(C)c(=O)c2c1. The first kappa shape index (κ1) is 21.6. The van der Waals surface area contributed by atoms with Crippen molar-refractivity contribution in [2.24, 2.45) is 0 Å². The third-order valence-electron chi connectivity index (χ3n) is 5.79. The molecule has 0 spiro atoms. The zero-order valence-electron chi connectivity index (χ0n) is 18.3. The average molecular weight is 470 g/mol. The van der Waals surface area contributed by atoms with Gasteiger partial charge < -0.3 is 13.9 Å². The Balaban J connectivity index is 1.67. The van der Waals surface area contributed by atoms with E-state index in [9.17, 15) is 9.18 Å². The van der Waals surface area contributed by atoms with Crippen molar-refractivity contribution in [3.8, 4) is 17.1 Å². The Morgan fingerprint density at radius 3 is 2.88 bits per heavy atom. The van der Waals surface area contributed by atoms with Crippen LogP contribution in [0.15, 0.2) is 39.7 Å². The van der Waals surface area contributed by atoms with E-state index in [0.29, 0.717) is 47.6 Å². The predicted octanol–water partition coefficient (Wildman–Crippen LogP) is 5.13. The molecule has 4 aromatic rings. The first-order valence-electron chi connectivity index (χ1n) is 10.5. The molecule has 4 heterocycles. The molecule has 33 heavy (non-hydrogen) atoms. The van der Waals surface area contributed by atoms with Crippen LogP contribution in [0, 0.1) is 19.8 Å². The summed E-state index contributed by atoms with van der Waals surface area (Å²) in [6, 6.07) is 6.53. The summed E-state index contributed by atoms with van der Waals surface area (Å²) in [6.07, 6.45) is 1.07. The second kappa shape index (κ2) is 8.28. The van der Waals surface area contributed by atoms with Gasteiger partial charge in [-0.15, -0.1) is 0 Å². The standard InChI is InChI=1S/C24H21ClFN3O4/c1-12-8-15(14(3)32-19-4-5-20(25)28-24(19)26)23-16(9-12)21(30)13(2)22(33-23)17-10-27-29-6-7-31-11-18(17)29/h4-5,8-10,14H,6-7,11H2,1-3H3/t14-/m1/s1. The molecule has 0 radical (unpaired) electrons. The molecule has 0 N–H and O–H groups in total. The Morgan fingerprint density at radius 1 is 1.27 bits per heavy atom. The minimum Gasteiger partial charge on any atom is -0.481 e. The van der Waals surface area contributed by atoms with Crippen LogP contribution >= 0.6 is 11.6 Å². The number of hydrogen-bond acceptors (Lipinski definition) is 6. The normalized spacial score (nSPS) is 14.3. The summed E-state index contributed by atoms with van der Waals surface area (Å²) >= 11 is 5.75. The van der Waals surface area contributed by atoms with Gasteiger partial charge in [0.15, 0.2) is 11.2 Å². The van der Waals surface area contributed by atoms with E-state index in [1.54, 1.807) is 26.1 Å².